The van der Waals surface area contributed by atoms with Gasteiger partial charge in [0.15, 0.2) is 0 Å². The molecule has 0 N–H and O–H groups in total. The highest BCUT2D eigenvalue weighted by atomic mass is 35.5. The highest BCUT2D eigenvalue weighted by Crippen LogP contribution is 2.33. The Kier molecular flexibility index (Phi) is 5.84. The predicted molar refractivity (Wildman–Crippen MR) is 149 cm³/mol. The predicted octanol–water partition coefficient (Wildman–Crippen LogP) is 4.28. The third kappa shape index (κ3) is 4.03. The molecule has 0 unspecified atom stereocenters. The van der Waals surface area contributed by atoms with E-state index in [1.165, 1.54) is 0 Å². The number of pyridine rings is 1. The number of benzene rings is 2. The number of fused-ring (bicyclic) bond motifs is 3. The molecule has 9 nitrogen and oxygen atoms in total. The van der Waals surface area contributed by atoms with Crippen LogP contribution < -0.4 is 9.80 Å². The number of hydrogen-bond donors (Lipinski definition) is 0. The molecule has 2 fully saturated rings. The molecule has 7 rings (SSSR count). The van der Waals surface area contributed by atoms with E-state index in [2.05, 4.69) is 61.3 Å². The Morgan fingerprint density at radius 3 is 2.53 bits per heavy atom. The van der Waals surface area contributed by atoms with Crippen molar-refractivity contribution in [1.29, 1.82) is 0 Å². The topological polar surface area (TPSA) is 74.9 Å². The minimum Gasteiger partial charge on any atom is -0.378 e. The maximum atomic E-state index is 6.30. The Morgan fingerprint density at radius 2 is 1.76 bits per heavy atom. The molecule has 2 aliphatic rings. The van der Waals surface area contributed by atoms with Crippen LogP contribution in [-0.2, 0) is 4.74 Å². The Hall–Kier alpha value is -3.79. The largest absolute Gasteiger partial charge is 0.378 e. The average Bonchev–Trinajstić information content (AvgIpc) is 3.32. The van der Waals surface area contributed by atoms with Gasteiger partial charge in [-0.2, -0.15) is 4.98 Å². The molecular formula is C28H27ClN8O. The van der Waals surface area contributed by atoms with Crippen LogP contribution in [0.1, 0.15) is 0 Å². The maximum absolute atomic E-state index is 6.30. The molecule has 5 aromatic rings. The van der Waals surface area contributed by atoms with Gasteiger partial charge < -0.3 is 14.5 Å². The lowest BCUT2D eigenvalue weighted by Crippen LogP contribution is -2.56. The van der Waals surface area contributed by atoms with Gasteiger partial charge in [-0.05, 0) is 53.6 Å². The van der Waals surface area contributed by atoms with Crippen molar-refractivity contribution in [1.82, 2.24) is 29.5 Å². The van der Waals surface area contributed by atoms with Gasteiger partial charge >= 0.3 is 0 Å². The molecule has 10 heteroatoms. The van der Waals surface area contributed by atoms with E-state index in [0.717, 1.165) is 78.7 Å². The van der Waals surface area contributed by atoms with Crippen molar-refractivity contribution < 1.29 is 4.74 Å². The molecule has 2 saturated heterocycles. The first-order valence-corrected chi connectivity index (χ1v) is 13.2. The van der Waals surface area contributed by atoms with Gasteiger partial charge in [0.05, 0.1) is 24.8 Å². The fourth-order valence-corrected chi connectivity index (χ4v) is 5.52. The van der Waals surface area contributed by atoms with Crippen molar-refractivity contribution in [3.63, 3.8) is 0 Å². The van der Waals surface area contributed by atoms with E-state index >= 15 is 0 Å². The van der Waals surface area contributed by atoms with Crippen LogP contribution in [-0.4, -0.2) is 81.9 Å². The second-order valence-electron chi connectivity index (χ2n) is 9.79. The van der Waals surface area contributed by atoms with Gasteiger partial charge in [-0.3, -0.25) is 4.90 Å². The molecule has 0 saturated carbocycles. The number of hydrogen-bond acceptors (Lipinski definition) is 8. The van der Waals surface area contributed by atoms with E-state index in [-0.39, 0.29) is 0 Å². The standard InChI is InChI=1S/C28H27ClN8O/c1-34(26-23-7-2-3-8-24(23)37-27(29)32-33-28(37)31-26)21-6-4-5-19(15-21)20-9-10-25(30-16-20)36-13-11-35(12-14-36)22-17-38-18-22/h2-10,15-16,22H,11-14,17-18H2,1H3. The molecule has 38 heavy (non-hydrogen) atoms. The van der Waals surface area contributed by atoms with Crippen LogP contribution in [0, 0.1) is 0 Å². The number of halogens is 1. The molecule has 2 aliphatic heterocycles. The van der Waals surface area contributed by atoms with Gasteiger partial charge in [0, 0.05) is 56.1 Å². The number of nitrogens with zero attached hydrogens (tertiary/aromatic N) is 8. The highest BCUT2D eigenvalue weighted by molar-refractivity contribution is 6.29. The van der Waals surface area contributed by atoms with Crippen LogP contribution in [0.4, 0.5) is 17.3 Å². The molecule has 0 bridgehead atoms. The molecule has 192 valence electrons. The van der Waals surface area contributed by atoms with Gasteiger partial charge in [-0.1, -0.05) is 24.3 Å². The summed E-state index contributed by atoms with van der Waals surface area (Å²) in [5, 5.41) is 9.43. The molecule has 0 radical (unpaired) electrons. The van der Waals surface area contributed by atoms with E-state index in [9.17, 15) is 0 Å². The zero-order valence-corrected chi connectivity index (χ0v) is 21.8. The third-order valence-electron chi connectivity index (χ3n) is 7.61. The van der Waals surface area contributed by atoms with Crippen LogP contribution >= 0.6 is 11.6 Å². The van der Waals surface area contributed by atoms with E-state index < -0.39 is 0 Å². The van der Waals surface area contributed by atoms with Gasteiger partial charge in [0.1, 0.15) is 11.6 Å². The molecular weight excluding hydrogens is 500 g/mol. The maximum Gasteiger partial charge on any atom is 0.258 e. The number of para-hydroxylation sites is 1. The van der Waals surface area contributed by atoms with Gasteiger partial charge in [0.25, 0.3) is 5.78 Å². The summed E-state index contributed by atoms with van der Waals surface area (Å²) < 4.78 is 7.12. The van der Waals surface area contributed by atoms with Crippen molar-refractivity contribution in [2.24, 2.45) is 0 Å². The summed E-state index contributed by atoms with van der Waals surface area (Å²) in [4.78, 5) is 16.6. The molecule has 2 aromatic carbocycles. The number of piperazine rings is 1. The first kappa shape index (κ1) is 23.3. The quantitative estimate of drug-likeness (QED) is 0.336. The Balaban J connectivity index is 1.14. The SMILES string of the molecule is CN(c1cccc(-c2ccc(N3CCN(C4COC4)CC3)nc2)c1)c1nc2nnc(Cl)n2c2ccccc12. The first-order valence-electron chi connectivity index (χ1n) is 12.8. The number of rotatable bonds is 5. The van der Waals surface area contributed by atoms with Gasteiger partial charge in [-0.25, -0.2) is 9.38 Å². The molecule has 0 spiro atoms. The van der Waals surface area contributed by atoms with E-state index in [1.807, 2.05) is 37.5 Å². The number of anilines is 3. The molecule has 0 atom stereocenters. The Labute approximate surface area is 225 Å². The Morgan fingerprint density at radius 1 is 0.921 bits per heavy atom. The summed E-state index contributed by atoms with van der Waals surface area (Å²) in [5.74, 6) is 2.28. The van der Waals surface area contributed by atoms with Crippen LogP contribution in [0.3, 0.4) is 0 Å². The number of aromatic nitrogens is 5. The average molecular weight is 527 g/mol. The van der Waals surface area contributed by atoms with E-state index in [1.54, 1.807) is 4.40 Å². The molecule has 0 aliphatic carbocycles. The zero-order valence-electron chi connectivity index (χ0n) is 21.0. The monoisotopic (exact) mass is 526 g/mol. The minimum absolute atomic E-state index is 0.297. The fraction of sp³-hybridized carbons (Fsp3) is 0.286. The van der Waals surface area contributed by atoms with Gasteiger partial charge in [0.2, 0.25) is 5.28 Å². The highest BCUT2D eigenvalue weighted by Gasteiger charge is 2.29. The first-order chi connectivity index (χ1) is 18.7. The minimum atomic E-state index is 0.297. The van der Waals surface area contributed by atoms with Crippen LogP contribution in [0.15, 0.2) is 66.9 Å². The van der Waals surface area contributed by atoms with E-state index in [0.29, 0.717) is 17.1 Å². The summed E-state index contributed by atoms with van der Waals surface area (Å²) >= 11 is 6.30. The summed E-state index contributed by atoms with van der Waals surface area (Å²) in [6.45, 7) is 5.84. The Bertz CT molecular complexity index is 1610. The van der Waals surface area contributed by atoms with Crippen molar-refractivity contribution in [3.8, 4) is 11.1 Å². The lowest BCUT2D eigenvalue weighted by Gasteiger charge is -2.42. The molecule has 3 aromatic heterocycles. The lowest BCUT2D eigenvalue weighted by molar-refractivity contribution is -0.0660. The van der Waals surface area contributed by atoms with E-state index in [4.69, 9.17) is 26.3 Å². The van der Waals surface area contributed by atoms with Crippen molar-refractivity contribution >= 4 is 45.6 Å². The third-order valence-corrected chi connectivity index (χ3v) is 7.85. The van der Waals surface area contributed by atoms with Crippen molar-refractivity contribution in [3.05, 3.63) is 72.1 Å². The van der Waals surface area contributed by atoms with Crippen LogP contribution in [0.2, 0.25) is 5.28 Å². The summed E-state index contributed by atoms with van der Waals surface area (Å²) in [7, 11) is 2.01. The zero-order chi connectivity index (χ0) is 25.6. The smallest absolute Gasteiger partial charge is 0.258 e. The fourth-order valence-electron chi connectivity index (χ4n) is 5.32. The van der Waals surface area contributed by atoms with Crippen LogP contribution in [0.5, 0.6) is 0 Å². The molecule has 5 heterocycles. The van der Waals surface area contributed by atoms with Crippen molar-refractivity contribution in [2.45, 2.75) is 6.04 Å². The normalized spacial score (nSPS) is 16.7. The summed E-state index contributed by atoms with van der Waals surface area (Å²) in [6, 6.07) is 21.3. The summed E-state index contributed by atoms with van der Waals surface area (Å²) in [5.41, 5.74) is 4.09. The second kappa shape index (κ2) is 9.50. The second-order valence-corrected chi connectivity index (χ2v) is 10.1. The number of ether oxygens (including phenoxy) is 1. The van der Waals surface area contributed by atoms with Crippen LogP contribution in [0.25, 0.3) is 27.8 Å². The lowest BCUT2D eigenvalue weighted by atomic mass is 10.1. The molecule has 0 amide bonds. The summed E-state index contributed by atoms with van der Waals surface area (Å²) in [6.07, 6.45) is 1.97. The van der Waals surface area contributed by atoms with Crippen molar-refractivity contribution in [2.75, 3.05) is 56.2 Å². The van der Waals surface area contributed by atoms with Gasteiger partial charge in [-0.15, -0.1) is 10.2 Å².